The zero-order valence-electron chi connectivity index (χ0n) is 11.9. The molecule has 0 saturated carbocycles. The maximum absolute atomic E-state index is 11.4. The van der Waals surface area contributed by atoms with Crippen LogP contribution in [0, 0.1) is 5.92 Å². The molecule has 1 unspecified atom stereocenters. The molecule has 0 aliphatic rings. The van der Waals surface area contributed by atoms with E-state index in [1.165, 1.54) is 5.56 Å². The minimum absolute atomic E-state index is 0.0482. The van der Waals surface area contributed by atoms with Gasteiger partial charge in [0.05, 0.1) is 0 Å². The molecule has 0 aromatic heterocycles. The molecule has 0 aliphatic carbocycles. The summed E-state index contributed by atoms with van der Waals surface area (Å²) in [7, 11) is 0. The van der Waals surface area contributed by atoms with Gasteiger partial charge in [-0.25, -0.2) is 0 Å². The average molecular weight is 327 g/mol. The molecule has 1 rings (SSSR count). The van der Waals surface area contributed by atoms with Crippen molar-refractivity contribution in [3.8, 4) is 0 Å². The van der Waals surface area contributed by atoms with Crippen molar-refractivity contribution in [2.24, 2.45) is 5.92 Å². The van der Waals surface area contributed by atoms with Crippen LogP contribution < -0.4 is 10.6 Å². The number of hydrogen-bond acceptors (Lipinski definition) is 2. The SMILES string of the molecule is CCC(NCCNC(=O)C(C)C)c1cccc(Br)c1. The van der Waals surface area contributed by atoms with Crippen molar-refractivity contribution in [3.05, 3.63) is 34.3 Å². The second kappa shape index (κ2) is 8.33. The summed E-state index contributed by atoms with van der Waals surface area (Å²) in [5, 5.41) is 6.39. The van der Waals surface area contributed by atoms with Gasteiger partial charge in [-0.3, -0.25) is 4.79 Å². The summed E-state index contributed by atoms with van der Waals surface area (Å²) in [6, 6.07) is 8.66. The third kappa shape index (κ3) is 5.74. The fraction of sp³-hybridized carbons (Fsp3) is 0.533. The Morgan fingerprint density at radius 2 is 2.05 bits per heavy atom. The van der Waals surface area contributed by atoms with Gasteiger partial charge in [0.25, 0.3) is 0 Å². The Labute approximate surface area is 124 Å². The fourth-order valence-electron chi connectivity index (χ4n) is 1.86. The van der Waals surface area contributed by atoms with Crippen molar-refractivity contribution in [3.63, 3.8) is 0 Å². The number of hydrogen-bond donors (Lipinski definition) is 2. The number of amides is 1. The van der Waals surface area contributed by atoms with Crippen molar-refractivity contribution >= 4 is 21.8 Å². The van der Waals surface area contributed by atoms with Gasteiger partial charge in [-0.15, -0.1) is 0 Å². The first-order valence-corrected chi connectivity index (χ1v) is 7.60. The topological polar surface area (TPSA) is 41.1 Å². The van der Waals surface area contributed by atoms with E-state index in [1.54, 1.807) is 0 Å². The van der Waals surface area contributed by atoms with Gasteiger partial charge >= 0.3 is 0 Å². The van der Waals surface area contributed by atoms with Crippen molar-refractivity contribution in [1.82, 2.24) is 10.6 Å². The Bertz CT molecular complexity index is 407. The zero-order valence-corrected chi connectivity index (χ0v) is 13.5. The lowest BCUT2D eigenvalue weighted by Gasteiger charge is -2.18. The summed E-state index contributed by atoms with van der Waals surface area (Å²) in [6.45, 7) is 7.41. The molecule has 0 fully saturated rings. The van der Waals surface area contributed by atoms with E-state index in [0.29, 0.717) is 12.6 Å². The van der Waals surface area contributed by atoms with Gasteiger partial charge in [0, 0.05) is 29.5 Å². The molecule has 3 nitrogen and oxygen atoms in total. The predicted octanol–water partition coefficient (Wildman–Crippen LogP) is 3.26. The van der Waals surface area contributed by atoms with Crippen molar-refractivity contribution in [1.29, 1.82) is 0 Å². The highest BCUT2D eigenvalue weighted by Crippen LogP contribution is 2.20. The minimum atomic E-state index is 0.0482. The summed E-state index contributed by atoms with van der Waals surface area (Å²) in [5.74, 6) is 0.157. The molecule has 0 saturated heterocycles. The van der Waals surface area contributed by atoms with Gasteiger partial charge in [0.2, 0.25) is 5.91 Å². The molecule has 0 aliphatic heterocycles. The molecule has 2 N–H and O–H groups in total. The standard InChI is InChI=1S/C15H23BrN2O/c1-4-14(12-6-5-7-13(16)10-12)17-8-9-18-15(19)11(2)3/h5-7,10-11,14,17H,4,8-9H2,1-3H3,(H,18,19). The molecular weight excluding hydrogens is 304 g/mol. The summed E-state index contributed by atoms with van der Waals surface area (Å²) >= 11 is 3.49. The van der Waals surface area contributed by atoms with Gasteiger partial charge in [-0.2, -0.15) is 0 Å². The molecule has 1 aromatic carbocycles. The summed E-state index contributed by atoms with van der Waals surface area (Å²) in [4.78, 5) is 11.4. The first kappa shape index (κ1) is 16.2. The molecule has 1 atom stereocenters. The molecule has 0 radical (unpaired) electrons. The lowest BCUT2D eigenvalue weighted by atomic mass is 10.0. The van der Waals surface area contributed by atoms with E-state index in [4.69, 9.17) is 0 Å². The van der Waals surface area contributed by atoms with Gasteiger partial charge < -0.3 is 10.6 Å². The van der Waals surface area contributed by atoms with E-state index in [0.717, 1.165) is 17.4 Å². The van der Waals surface area contributed by atoms with Crippen LogP contribution >= 0.6 is 15.9 Å². The first-order valence-electron chi connectivity index (χ1n) is 6.81. The number of halogens is 1. The molecular formula is C15H23BrN2O. The largest absolute Gasteiger partial charge is 0.355 e. The van der Waals surface area contributed by atoms with Gasteiger partial charge in [0.1, 0.15) is 0 Å². The van der Waals surface area contributed by atoms with E-state index >= 15 is 0 Å². The van der Waals surface area contributed by atoms with Crippen molar-refractivity contribution in [2.45, 2.75) is 33.2 Å². The monoisotopic (exact) mass is 326 g/mol. The van der Waals surface area contributed by atoms with Crippen LogP contribution in [-0.4, -0.2) is 19.0 Å². The third-order valence-electron chi connectivity index (χ3n) is 3.00. The van der Waals surface area contributed by atoms with E-state index in [2.05, 4.69) is 45.6 Å². The van der Waals surface area contributed by atoms with Crippen molar-refractivity contribution in [2.75, 3.05) is 13.1 Å². The molecule has 19 heavy (non-hydrogen) atoms. The van der Waals surface area contributed by atoms with E-state index in [-0.39, 0.29) is 11.8 Å². The van der Waals surface area contributed by atoms with Crippen LogP contribution in [0.25, 0.3) is 0 Å². The number of carbonyl (C=O) groups excluding carboxylic acids is 1. The number of benzene rings is 1. The Morgan fingerprint density at radius 1 is 1.32 bits per heavy atom. The molecule has 1 amide bonds. The second-order valence-corrected chi connectivity index (χ2v) is 5.83. The van der Waals surface area contributed by atoms with Crippen LogP contribution in [-0.2, 0) is 4.79 Å². The normalized spacial score (nSPS) is 12.5. The van der Waals surface area contributed by atoms with E-state index < -0.39 is 0 Å². The lowest BCUT2D eigenvalue weighted by Crippen LogP contribution is -2.35. The van der Waals surface area contributed by atoms with E-state index in [9.17, 15) is 4.79 Å². The minimum Gasteiger partial charge on any atom is -0.355 e. The molecule has 4 heteroatoms. The Hall–Kier alpha value is -0.870. The fourth-order valence-corrected chi connectivity index (χ4v) is 2.27. The van der Waals surface area contributed by atoms with Crippen LogP contribution in [0.2, 0.25) is 0 Å². The van der Waals surface area contributed by atoms with Crippen LogP contribution in [0.5, 0.6) is 0 Å². The Kier molecular flexibility index (Phi) is 7.10. The van der Waals surface area contributed by atoms with Crippen LogP contribution in [0.4, 0.5) is 0 Å². The lowest BCUT2D eigenvalue weighted by molar-refractivity contribution is -0.123. The summed E-state index contributed by atoms with van der Waals surface area (Å²) in [6.07, 6.45) is 1.02. The maximum Gasteiger partial charge on any atom is 0.222 e. The van der Waals surface area contributed by atoms with Gasteiger partial charge in [0.15, 0.2) is 0 Å². The van der Waals surface area contributed by atoms with Gasteiger partial charge in [-0.1, -0.05) is 48.8 Å². The Balaban J connectivity index is 2.39. The number of rotatable bonds is 7. The van der Waals surface area contributed by atoms with Crippen LogP contribution in [0.3, 0.4) is 0 Å². The molecule has 106 valence electrons. The summed E-state index contributed by atoms with van der Waals surface area (Å²) < 4.78 is 1.10. The zero-order chi connectivity index (χ0) is 14.3. The second-order valence-electron chi connectivity index (χ2n) is 4.92. The number of carbonyl (C=O) groups is 1. The first-order chi connectivity index (χ1) is 9.04. The van der Waals surface area contributed by atoms with Gasteiger partial charge in [-0.05, 0) is 24.1 Å². The smallest absolute Gasteiger partial charge is 0.222 e. The highest BCUT2D eigenvalue weighted by molar-refractivity contribution is 9.10. The highest BCUT2D eigenvalue weighted by Gasteiger charge is 2.09. The average Bonchev–Trinajstić information content (AvgIpc) is 2.38. The van der Waals surface area contributed by atoms with Crippen molar-refractivity contribution < 1.29 is 4.79 Å². The quantitative estimate of drug-likeness (QED) is 0.755. The van der Waals surface area contributed by atoms with E-state index in [1.807, 2.05) is 26.0 Å². The molecule has 0 spiro atoms. The number of nitrogens with one attached hydrogen (secondary N) is 2. The summed E-state index contributed by atoms with van der Waals surface area (Å²) in [5.41, 5.74) is 1.27. The molecule has 0 heterocycles. The third-order valence-corrected chi connectivity index (χ3v) is 3.49. The Morgan fingerprint density at radius 3 is 2.63 bits per heavy atom. The highest BCUT2D eigenvalue weighted by atomic mass is 79.9. The van der Waals surface area contributed by atoms with Crippen LogP contribution in [0.15, 0.2) is 28.7 Å². The predicted molar refractivity (Wildman–Crippen MR) is 83.0 cm³/mol. The molecule has 1 aromatic rings. The molecule has 0 bridgehead atoms. The maximum atomic E-state index is 11.4. The van der Waals surface area contributed by atoms with Crippen LogP contribution in [0.1, 0.15) is 38.8 Å².